The van der Waals surface area contributed by atoms with Crippen LogP contribution in [0.1, 0.15) is 11.1 Å². The Labute approximate surface area is 152 Å². The van der Waals surface area contributed by atoms with E-state index in [9.17, 15) is 26.4 Å². The molecule has 1 heterocycles. The van der Waals surface area contributed by atoms with Gasteiger partial charge in [-0.05, 0) is 36.6 Å². The molecule has 0 saturated heterocycles. The minimum absolute atomic E-state index is 0.0758. The third-order valence-electron chi connectivity index (χ3n) is 3.94. The Morgan fingerprint density at radius 2 is 1.63 bits per heavy atom. The summed E-state index contributed by atoms with van der Waals surface area (Å²) < 4.78 is 69.3. The summed E-state index contributed by atoms with van der Waals surface area (Å²) >= 11 is 0. The van der Waals surface area contributed by atoms with Crippen LogP contribution in [-0.4, -0.2) is 13.9 Å². The van der Waals surface area contributed by atoms with Gasteiger partial charge in [0.1, 0.15) is 11.3 Å². The summed E-state index contributed by atoms with van der Waals surface area (Å²) in [7, 11) is -5.84. The molecule has 3 aromatic rings. The predicted molar refractivity (Wildman–Crippen MR) is 93.0 cm³/mol. The molecular weight excluding hydrogens is 385 g/mol. The summed E-state index contributed by atoms with van der Waals surface area (Å²) in [5, 5.41) is 0.473. The molecule has 0 radical (unpaired) electrons. The van der Waals surface area contributed by atoms with E-state index in [-0.39, 0.29) is 5.58 Å². The molecule has 9 heteroatoms. The summed E-state index contributed by atoms with van der Waals surface area (Å²) in [5.74, 6) is -0.595. The molecule has 142 valence electrons. The van der Waals surface area contributed by atoms with Crippen LogP contribution < -0.4 is 9.81 Å². The largest absolute Gasteiger partial charge is 0.534 e. The number of hydrogen-bond acceptors (Lipinski definition) is 5. The maximum atomic E-state index is 12.5. The molecule has 0 bridgehead atoms. The van der Waals surface area contributed by atoms with Crippen LogP contribution in [0.5, 0.6) is 5.75 Å². The first kappa shape index (κ1) is 19.0. The number of benzene rings is 2. The molecule has 0 fully saturated rings. The summed E-state index contributed by atoms with van der Waals surface area (Å²) in [6.07, 6.45) is 0. The highest BCUT2D eigenvalue weighted by molar-refractivity contribution is 7.88. The number of halogens is 3. The zero-order valence-electron chi connectivity index (χ0n) is 14.1. The van der Waals surface area contributed by atoms with E-state index in [1.165, 1.54) is 6.07 Å². The van der Waals surface area contributed by atoms with Gasteiger partial charge >= 0.3 is 21.3 Å². The molecule has 0 aliphatic heterocycles. The first-order valence-electron chi connectivity index (χ1n) is 7.65. The minimum Gasteiger partial charge on any atom is -0.423 e. The maximum absolute atomic E-state index is 12.5. The standard InChI is InChI=1S/C18H13F3O5S/c1-10-5-3-4-6-13(10)14-9-16(22)25-15-8-12(7-11(2)17(14)15)26-27(23,24)18(19,20)21/h3-9H,1-2H3. The lowest BCUT2D eigenvalue weighted by molar-refractivity contribution is -0.0500. The molecule has 0 aliphatic rings. The predicted octanol–water partition coefficient (Wildman–Crippen LogP) is 4.31. The van der Waals surface area contributed by atoms with Gasteiger partial charge in [-0.3, -0.25) is 0 Å². The van der Waals surface area contributed by atoms with Crippen LogP contribution in [0.4, 0.5) is 13.2 Å². The van der Waals surface area contributed by atoms with Crippen molar-refractivity contribution in [3.63, 3.8) is 0 Å². The van der Waals surface area contributed by atoms with Gasteiger partial charge in [0.25, 0.3) is 0 Å². The van der Waals surface area contributed by atoms with E-state index in [1.807, 2.05) is 19.1 Å². The van der Waals surface area contributed by atoms with Crippen LogP contribution in [0, 0.1) is 13.8 Å². The molecule has 0 aliphatic carbocycles. The molecule has 1 aromatic heterocycles. The highest BCUT2D eigenvalue weighted by Crippen LogP contribution is 2.35. The Kier molecular flexibility index (Phi) is 4.51. The van der Waals surface area contributed by atoms with Crippen molar-refractivity contribution in [2.75, 3.05) is 0 Å². The fourth-order valence-electron chi connectivity index (χ4n) is 2.79. The van der Waals surface area contributed by atoms with Crippen molar-refractivity contribution in [1.82, 2.24) is 0 Å². The number of alkyl halides is 3. The first-order valence-corrected chi connectivity index (χ1v) is 9.06. The summed E-state index contributed by atoms with van der Waals surface area (Å²) in [5.41, 5.74) is -3.83. The minimum atomic E-state index is -5.84. The van der Waals surface area contributed by atoms with E-state index in [1.54, 1.807) is 19.1 Å². The second-order valence-corrected chi connectivity index (χ2v) is 7.43. The highest BCUT2D eigenvalue weighted by Gasteiger charge is 2.48. The van der Waals surface area contributed by atoms with Gasteiger partial charge in [0, 0.05) is 23.1 Å². The zero-order valence-corrected chi connectivity index (χ0v) is 14.9. The van der Waals surface area contributed by atoms with E-state index >= 15 is 0 Å². The van der Waals surface area contributed by atoms with Crippen molar-refractivity contribution in [3.05, 3.63) is 64.0 Å². The highest BCUT2D eigenvalue weighted by atomic mass is 32.2. The first-order chi connectivity index (χ1) is 12.5. The lowest BCUT2D eigenvalue weighted by atomic mass is 9.95. The van der Waals surface area contributed by atoms with Crippen LogP contribution in [0.3, 0.4) is 0 Å². The van der Waals surface area contributed by atoms with Crippen molar-refractivity contribution in [2.45, 2.75) is 19.4 Å². The van der Waals surface area contributed by atoms with Gasteiger partial charge in [0.2, 0.25) is 0 Å². The molecule has 0 atom stereocenters. The monoisotopic (exact) mass is 398 g/mol. The van der Waals surface area contributed by atoms with Gasteiger partial charge in [-0.25, -0.2) is 4.79 Å². The number of fused-ring (bicyclic) bond motifs is 1. The van der Waals surface area contributed by atoms with Crippen LogP contribution in [0.2, 0.25) is 0 Å². The normalized spacial score (nSPS) is 12.3. The Balaban J connectivity index is 2.24. The van der Waals surface area contributed by atoms with Crippen molar-refractivity contribution in [1.29, 1.82) is 0 Å². The third-order valence-corrected chi connectivity index (χ3v) is 4.92. The van der Waals surface area contributed by atoms with Gasteiger partial charge in [-0.2, -0.15) is 21.6 Å². The Bertz CT molecular complexity index is 1190. The molecule has 0 spiro atoms. The molecular formula is C18H13F3O5S. The molecule has 2 aromatic carbocycles. The van der Waals surface area contributed by atoms with E-state index in [4.69, 9.17) is 4.42 Å². The van der Waals surface area contributed by atoms with Crippen LogP contribution in [-0.2, 0) is 10.1 Å². The maximum Gasteiger partial charge on any atom is 0.534 e. The fourth-order valence-corrected chi connectivity index (χ4v) is 3.23. The van der Waals surface area contributed by atoms with Crippen LogP contribution in [0.25, 0.3) is 22.1 Å². The molecule has 0 amide bonds. The fraction of sp³-hybridized carbons (Fsp3) is 0.167. The molecule has 0 unspecified atom stereocenters. The van der Waals surface area contributed by atoms with Crippen LogP contribution >= 0.6 is 0 Å². The zero-order chi connectivity index (χ0) is 20.0. The average Bonchev–Trinajstić information content (AvgIpc) is 2.52. The lowest BCUT2D eigenvalue weighted by Gasteiger charge is -2.13. The number of aryl methyl sites for hydroxylation is 2. The summed E-state index contributed by atoms with van der Waals surface area (Å²) in [6.45, 7) is 3.40. The van der Waals surface area contributed by atoms with Gasteiger partial charge in [-0.15, -0.1) is 0 Å². The van der Waals surface area contributed by atoms with E-state index in [0.29, 0.717) is 16.5 Å². The number of rotatable bonds is 3. The van der Waals surface area contributed by atoms with Crippen molar-refractivity contribution in [2.24, 2.45) is 0 Å². The summed E-state index contributed by atoms with van der Waals surface area (Å²) in [4.78, 5) is 12.0. The molecule has 3 rings (SSSR count). The topological polar surface area (TPSA) is 73.6 Å². The van der Waals surface area contributed by atoms with E-state index in [0.717, 1.165) is 23.3 Å². The van der Waals surface area contributed by atoms with E-state index < -0.39 is 27.0 Å². The third kappa shape index (κ3) is 3.55. The second-order valence-electron chi connectivity index (χ2n) is 5.89. The summed E-state index contributed by atoms with van der Waals surface area (Å²) in [6, 6.07) is 10.6. The smallest absolute Gasteiger partial charge is 0.423 e. The average molecular weight is 398 g/mol. The number of hydrogen-bond donors (Lipinski definition) is 0. The van der Waals surface area contributed by atoms with Crippen molar-refractivity contribution >= 4 is 21.1 Å². The van der Waals surface area contributed by atoms with Crippen LogP contribution in [0.15, 0.2) is 51.7 Å². The van der Waals surface area contributed by atoms with E-state index in [2.05, 4.69) is 4.18 Å². The van der Waals surface area contributed by atoms with Gasteiger partial charge in [-0.1, -0.05) is 24.3 Å². The molecule has 27 heavy (non-hydrogen) atoms. The van der Waals surface area contributed by atoms with Crippen molar-refractivity contribution < 1.29 is 30.2 Å². The molecule has 0 saturated carbocycles. The lowest BCUT2D eigenvalue weighted by Crippen LogP contribution is -2.28. The van der Waals surface area contributed by atoms with Gasteiger partial charge in [0.05, 0.1) is 0 Å². The quantitative estimate of drug-likeness (QED) is 0.374. The van der Waals surface area contributed by atoms with Gasteiger partial charge in [0.15, 0.2) is 0 Å². The SMILES string of the molecule is Cc1ccccc1-c1cc(=O)oc2cc(OS(=O)(=O)C(F)(F)F)cc(C)c12. The van der Waals surface area contributed by atoms with Crippen molar-refractivity contribution in [3.8, 4) is 16.9 Å². The Morgan fingerprint density at radius 1 is 0.963 bits per heavy atom. The Hall–Kier alpha value is -2.81. The Morgan fingerprint density at radius 3 is 2.26 bits per heavy atom. The molecule has 0 N–H and O–H groups in total. The second kappa shape index (κ2) is 6.41. The van der Waals surface area contributed by atoms with Gasteiger partial charge < -0.3 is 8.60 Å². The molecule has 5 nitrogen and oxygen atoms in total.